The van der Waals surface area contributed by atoms with Gasteiger partial charge in [-0.05, 0) is 64.0 Å². The lowest BCUT2D eigenvalue weighted by Crippen LogP contribution is -2.37. The number of aromatic nitrogens is 2. The number of benzene rings is 1. The molecule has 0 spiro atoms. The van der Waals surface area contributed by atoms with E-state index < -0.39 is 14.6 Å². The summed E-state index contributed by atoms with van der Waals surface area (Å²) in [6.07, 6.45) is 2.71. The van der Waals surface area contributed by atoms with Gasteiger partial charge in [-0.1, -0.05) is 0 Å². The van der Waals surface area contributed by atoms with Gasteiger partial charge in [0.05, 0.1) is 24.2 Å². The van der Waals surface area contributed by atoms with Crippen molar-refractivity contribution in [3.63, 3.8) is 0 Å². The minimum absolute atomic E-state index is 0.237. The van der Waals surface area contributed by atoms with Crippen LogP contribution in [0.1, 0.15) is 31.4 Å². The Balaban J connectivity index is 1.40. The molecule has 0 radical (unpaired) electrons. The van der Waals surface area contributed by atoms with Crippen molar-refractivity contribution >= 4 is 27.4 Å². The lowest BCUT2D eigenvalue weighted by Gasteiger charge is -2.29. The van der Waals surface area contributed by atoms with Crippen LogP contribution >= 0.6 is 0 Å². The van der Waals surface area contributed by atoms with Crippen molar-refractivity contribution < 1.29 is 17.9 Å². The molecule has 2 amide bonds. The van der Waals surface area contributed by atoms with Crippen molar-refractivity contribution in [3.8, 4) is 11.4 Å². The second-order valence-electron chi connectivity index (χ2n) is 10.0. The second kappa shape index (κ2) is 9.95. The van der Waals surface area contributed by atoms with Crippen LogP contribution in [0.15, 0.2) is 30.3 Å². The van der Waals surface area contributed by atoms with E-state index in [1.54, 1.807) is 12.1 Å². The summed E-state index contributed by atoms with van der Waals surface area (Å²) in [5, 5.41) is 5.42. The maximum Gasteiger partial charge on any atom is 0.319 e. The van der Waals surface area contributed by atoms with Gasteiger partial charge in [0.1, 0.15) is 10.6 Å². The maximum absolute atomic E-state index is 13.3. The van der Waals surface area contributed by atoms with E-state index in [0.717, 1.165) is 30.8 Å². The molecule has 2 aromatic rings. The number of ether oxygens (including phenoxy) is 1. The van der Waals surface area contributed by atoms with Gasteiger partial charge in [-0.15, -0.1) is 0 Å². The summed E-state index contributed by atoms with van der Waals surface area (Å²) in [7, 11) is 0.623. The Kier molecular flexibility index (Phi) is 6.88. The lowest BCUT2D eigenvalue weighted by atomic mass is 10.1. The summed E-state index contributed by atoms with van der Waals surface area (Å²) in [6.45, 7) is 3.92. The van der Waals surface area contributed by atoms with Gasteiger partial charge in [-0.25, -0.2) is 23.2 Å². The average Bonchev–Trinajstić information content (AvgIpc) is 3.77. The van der Waals surface area contributed by atoms with Gasteiger partial charge in [-0.2, -0.15) is 0 Å². The van der Waals surface area contributed by atoms with E-state index in [2.05, 4.69) is 15.5 Å². The fourth-order valence-corrected chi connectivity index (χ4v) is 6.98. The SMILES string of the molecule is CN(C)CCNC(=O)Nc1ccc(-c2nc(N3CCOCC3)cc(C3(S(=O)(=O)C4CC4)CC3)n2)cc1. The third kappa shape index (κ3) is 5.18. The Hall–Kier alpha value is -2.76. The van der Waals surface area contributed by atoms with Crippen molar-refractivity contribution in [2.45, 2.75) is 35.7 Å². The summed E-state index contributed by atoms with van der Waals surface area (Å²) in [6, 6.07) is 8.92. The number of hydrogen-bond acceptors (Lipinski definition) is 8. The molecule has 3 aliphatic rings. The van der Waals surface area contributed by atoms with Crippen LogP contribution in [0.5, 0.6) is 0 Å². The molecule has 1 aromatic heterocycles. The Bertz CT molecular complexity index is 1200. The number of anilines is 2. The molecule has 2 N–H and O–H groups in total. The standard InChI is InChI=1S/C25H34N6O4S/c1-30(2)12-11-26-24(32)27-19-5-3-18(4-6-19)23-28-21(17-22(29-23)31-13-15-35-16-14-31)25(9-10-25)36(33,34)20-7-8-20/h3-6,17,20H,7-16H2,1-2H3,(H2,26,27,32). The van der Waals surface area contributed by atoms with Gasteiger partial charge in [0.25, 0.3) is 0 Å². The van der Waals surface area contributed by atoms with Crippen molar-refractivity contribution in [3.05, 3.63) is 36.0 Å². The molecule has 10 nitrogen and oxygen atoms in total. The van der Waals surface area contributed by atoms with Crippen LogP contribution in [0, 0.1) is 0 Å². The van der Waals surface area contributed by atoms with Crippen LogP contribution < -0.4 is 15.5 Å². The first-order valence-electron chi connectivity index (χ1n) is 12.5. The summed E-state index contributed by atoms with van der Waals surface area (Å²) < 4.78 is 31.3. The molecule has 0 bridgehead atoms. The summed E-state index contributed by atoms with van der Waals surface area (Å²) in [5.74, 6) is 1.23. The minimum Gasteiger partial charge on any atom is -0.378 e. The van der Waals surface area contributed by atoms with Gasteiger partial charge < -0.3 is 25.2 Å². The van der Waals surface area contributed by atoms with E-state index in [-0.39, 0.29) is 11.3 Å². The molecule has 1 aromatic carbocycles. The van der Waals surface area contributed by atoms with Gasteiger partial charge in [-0.3, -0.25) is 0 Å². The van der Waals surface area contributed by atoms with E-state index in [1.807, 2.05) is 37.2 Å². The molecular weight excluding hydrogens is 480 g/mol. The van der Waals surface area contributed by atoms with Crippen LogP contribution in [-0.2, 0) is 19.3 Å². The van der Waals surface area contributed by atoms with Gasteiger partial charge in [0, 0.05) is 43.5 Å². The Morgan fingerprint density at radius 1 is 1.14 bits per heavy atom. The van der Waals surface area contributed by atoms with Crippen LogP contribution in [0.2, 0.25) is 0 Å². The molecule has 194 valence electrons. The lowest BCUT2D eigenvalue weighted by molar-refractivity contribution is 0.122. The molecule has 0 atom stereocenters. The van der Waals surface area contributed by atoms with E-state index in [0.29, 0.717) is 62.9 Å². The van der Waals surface area contributed by atoms with Crippen molar-refractivity contribution in [2.24, 2.45) is 0 Å². The molecule has 11 heteroatoms. The fourth-order valence-electron chi connectivity index (χ4n) is 4.52. The topological polar surface area (TPSA) is 117 Å². The van der Waals surface area contributed by atoms with E-state index in [4.69, 9.17) is 14.7 Å². The second-order valence-corrected chi connectivity index (χ2v) is 12.6. The third-order valence-corrected chi connectivity index (χ3v) is 10.0. The van der Waals surface area contributed by atoms with Crippen molar-refractivity contribution in [1.29, 1.82) is 0 Å². The minimum atomic E-state index is -3.28. The zero-order valence-corrected chi connectivity index (χ0v) is 21.7. The average molecular weight is 515 g/mol. The zero-order chi connectivity index (χ0) is 25.3. The largest absolute Gasteiger partial charge is 0.378 e. The molecule has 2 heterocycles. The highest BCUT2D eigenvalue weighted by Gasteiger charge is 2.61. The first-order chi connectivity index (χ1) is 17.3. The number of hydrogen-bond donors (Lipinski definition) is 2. The van der Waals surface area contributed by atoms with Gasteiger partial charge in [0.15, 0.2) is 15.7 Å². The number of likely N-dealkylation sites (N-methyl/N-ethyl adjacent to an activating group) is 1. The number of carbonyl (C=O) groups is 1. The molecule has 2 saturated carbocycles. The van der Waals surface area contributed by atoms with Crippen molar-refractivity contribution in [1.82, 2.24) is 20.2 Å². The van der Waals surface area contributed by atoms with Crippen LogP contribution in [0.3, 0.4) is 0 Å². The molecule has 5 rings (SSSR count). The van der Waals surface area contributed by atoms with Gasteiger partial charge >= 0.3 is 6.03 Å². The quantitative estimate of drug-likeness (QED) is 0.523. The van der Waals surface area contributed by atoms with Crippen LogP contribution in [0.4, 0.5) is 16.3 Å². The Morgan fingerprint density at radius 2 is 1.83 bits per heavy atom. The predicted molar refractivity (Wildman–Crippen MR) is 139 cm³/mol. The number of morpholine rings is 1. The molecular formula is C25H34N6O4S. The summed E-state index contributed by atoms with van der Waals surface area (Å²) >= 11 is 0. The molecule has 2 aliphatic carbocycles. The molecule has 0 unspecified atom stereocenters. The first-order valence-corrected chi connectivity index (χ1v) is 14.1. The predicted octanol–water partition coefficient (Wildman–Crippen LogP) is 2.23. The third-order valence-electron chi connectivity index (χ3n) is 6.97. The van der Waals surface area contributed by atoms with Crippen LogP contribution in [0.25, 0.3) is 11.4 Å². The van der Waals surface area contributed by atoms with E-state index in [9.17, 15) is 13.2 Å². The van der Waals surface area contributed by atoms with E-state index in [1.165, 1.54) is 0 Å². The molecule has 1 aliphatic heterocycles. The molecule has 3 fully saturated rings. The smallest absolute Gasteiger partial charge is 0.319 e. The number of amides is 2. The Labute approximate surface area is 212 Å². The fraction of sp³-hybridized carbons (Fsp3) is 0.560. The highest BCUT2D eigenvalue weighted by Crippen LogP contribution is 2.57. The number of rotatable bonds is 9. The normalized spacial score (nSPS) is 19.2. The highest BCUT2D eigenvalue weighted by atomic mass is 32.2. The number of sulfone groups is 1. The number of nitrogens with one attached hydrogen (secondary N) is 2. The Morgan fingerprint density at radius 3 is 2.44 bits per heavy atom. The number of urea groups is 1. The summed E-state index contributed by atoms with van der Waals surface area (Å²) in [5.41, 5.74) is 2.02. The molecule has 36 heavy (non-hydrogen) atoms. The number of nitrogens with zero attached hydrogens (tertiary/aromatic N) is 4. The molecule has 1 saturated heterocycles. The van der Waals surface area contributed by atoms with Gasteiger partial charge in [0.2, 0.25) is 0 Å². The van der Waals surface area contributed by atoms with Crippen LogP contribution in [-0.4, -0.2) is 88.1 Å². The monoisotopic (exact) mass is 514 g/mol. The summed E-state index contributed by atoms with van der Waals surface area (Å²) in [4.78, 5) is 25.9. The first kappa shape index (κ1) is 24.9. The van der Waals surface area contributed by atoms with Crippen molar-refractivity contribution in [2.75, 3.05) is 63.7 Å². The number of carbonyl (C=O) groups excluding carboxylic acids is 1. The maximum atomic E-state index is 13.3. The van der Waals surface area contributed by atoms with E-state index >= 15 is 0 Å². The highest BCUT2D eigenvalue weighted by molar-refractivity contribution is 7.93. The zero-order valence-electron chi connectivity index (χ0n) is 20.9.